The third-order valence-corrected chi connectivity index (χ3v) is 9.98. The van der Waals surface area contributed by atoms with Crippen molar-refractivity contribution in [2.75, 3.05) is 0 Å². The van der Waals surface area contributed by atoms with E-state index >= 15 is 0 Å². The smallest absolute Gasteiger partial charge is 0.390 e. The van der Waals surface area contributed by atoms with Crippen LogP contribution in [-0.4, -0.2) is 28.1 Å². The van der Waals surface area contributed by atoms with Gasteiger partial charge < -0.3 is 10.2 Å². The molecule has 172 valence electrons. The van der Waals surface area contributed by atoms with E-state index in [4.69, 9.17) is 0 Å². The first-order valence-corrected chi connectivity index (χ1v) is 12.0. The van der Waals surface area contributed by atoms with Gasteiger partial charge in [-0.3, -0.25) is 0 Å². The maximum Gasteiger partial charge on any atom is 0.414 e. The predicted octanol–water partition coefficient (Wildman–Crippen LogP) is 6.41. The Hall–Kier alpha value is -0.550. The van der Waals surface area contributed by atoms with Gasteiger partial charge in [-0.2, -0.15) is 13.2 Å². The van der Waals surface area contributed by atoms with Crippen LogP contribution in [0.2, 0.25) is 0 Å². The van der Waals surface area contributed by atoms with Crippen molar-refractivity contribution in [1.29, 1.82) is 0 Å². The molecule has 2 N–H and O–H groups in total. The maximum absolute atomic E-state index is 12.6. The molecule has 4 rings (SSSR count). The molecular formula is C25H39F3O2. The summed E-state index contributed by atoms with van der Waals surface area (Å²) in [6, 6.07) is 0. The molecule has 0 aromatic carbocycles. The van der Waals surface area contributed by atoms with Crippen LogP contribution in [0.3, 0.4) is 0 Å². The van der Waals surface area contributed by atoms with Crippen molar-refractivity contribution in [2.24, 2.45) is 34.5 Å². The van der Waals surface area contributed by atoms with Gasteiger partial charge >= 0.3 is 6.18 Å². The molecule has 6 unspecified atom stereocenters. The Morgan fingerprint density at radius 1 is 1.07 bits per heavy atom. The average molecular weight is 429 g/mol. The van der Waals surface area contributed by atoms with Gasteiger partial charge in [-0.1, -0.05) is 31.9 Å². The summed E-state index contributed by atoms with van der Waals surface area (Å²) in [5, 5.41) is 19.9. The van der Waals surface area contributed by atoms with E-state index in [9.17, 15) is 23.4 Å². The molecule has 0 saturated heterocycles. The van der Waals surface area contributed by atoms with Gasteiger partial charge in [0.25, 0.3) is 0 Å². The third kappa shape index (κ3) is 3.76. The fourth-order valence-corrected chi connectivity index (χ4v) is 8.11. The van der Waals surface area contributed by atoms with Crippen LogP contribution in [0.1, 0.15) is 91.4 Å². The van der Waals surface area contributed by atoms with Gasteiger partial charge in [-0.15, -0.1) is 0 Å². The van der Waals surface area contributed by atoms with Crippen LogP contribution in [0.25, 0.3) is 0 Å². The molecule has 2 nitrogen and oxygen atoms in total. The van der Waals surface area contributed by atoms with Crippen LogP contribution < -0.4 is 0 Å². The lowest BCUT2D eigenvalue weighted by Gasteiger charge is -2.59. The number of hydrogen-bond donors (Lipinski definition) is 2. The molecule has 0 aliphatic heterocycles. The van der Waals surface area contributed by atoms with Crippen molar-refractivity contribution in [2.45, 2.75) is 109 Å². The SMILES string of the molecule is CC12CC[C@](C)(O)CC1=CC[C@@H]1C2CCC2(C)C(CCCC(O)C(F)(F)F)CCC12. The molecule has 0 radical (unpaired) electrons. The molecule has 8 atom stereocenters. The molecule has 4 aliphatic carbocycles. The normalized spacial score (nSPS) is 47.1. The van der Waals surface area contributed by atoms with Crippen molar-refractivity contribution in [1.82, 2.24) is 0 Å². The molecule has 0 amide bonds. The third-order valence-electron chi connectivity index (χ3n) is 9.98. The highest BCUT2D eigenvalue weighted by molar-refractivity contribution is 5.26. The van der Waals surface area contributed by atoms with Gasteiger partial charge in [0.05, 0.1) is 5.60 Å². The van der Waals surface area contributed by atoms with E-state index in [1.807, 2.05) is 6.92 Å². The van der Waals surface area contributed by atoms with Gasteiger partial charge in [0.1, 0.15) is 6.10 Å². The summed E-state index contributed by atoms with van der Waals surface area (Å²) in [6.07, 6.45) is 5.39. The van der Waals surface area contributed by atoms with Gasteiger partial charge in [-0.25, -0.2) is 0 Å². The molecule has 3 fully saturated rings. The van der Waals surface area contributed by atoms with Gasteiger partial charge in [-0.05, 0) is 106 Å². The summed E-state index contributed by atoms with van der Waals surface area (Å²) in [5.41, 5.74) is 1.34. The number of alkyl halides is 3. The molecule has 0 spiro atoms. The summed E-state index contributed by atoms with van der Waals surface area (Å²) < 4.78 is 37.9. The minimum atomic E-state index is -4.49. The largest absolute Gasteiger partial charge is 0.414 e. The van der Waals surface area contributed by atoms with Crippen LogP contribution >= 0.6 is 0 Å². The Bertz CT molecular complexity index is 684. The minimum absolute atomic E-state index is 0.170. The zero-order chi connectivity index (χ0) is 21.9. The number of halogens is 3. The van der Waals surface area contributed by atoms with Crippen LogP contribution in [-0.2, 0) is 0 Å². The van der Waals surface area contributed by atoms with Crippen molar-refractivity contribution < 1.29 is 23.4 Å². The van der Waals surface area contributed by atoms with E-state index in [-0.39, 0.29) is 17.3 Å². The summed E-state index contributed by atoms with van der Waals surface area (Å²) >= 11 is 0. The monoisotopic (exact) mass is 428 g/mol. The second kappa shape index (κ2) is 7.50. The second-order valence-corrected chi connectivity index (χ2v) is 11.7. The van der Waals surface area contributed by atoms with E-state index < -0.39 is 17.9 Å². The molecule has 3 saturated carbocycles. The Morgan fingerprint density at radius 3 is 2.50 bits per heavy atom. The van der Waals surface area contributed by atoms with Crippen molar-refractivity contribution in [3.63, 3.8) is 0 Å². The highest BCUT2D eigenvalue weighted by Gasteiger charge is 2.58. The number of fused-ring (bicyclic) bond motifs is 5. The lowest BCUT2D eigenvalue weighted by molar-refractivity contribution is -0.205. The number of aliphatic hydroxyl groups excluding tert-OH is 1. The zero-order valence-corrected chi connectivity index (χ0v) is 18.8. The number of rotatable bonds is 4. The molecule has 5 heteroatoms. The standard InChI is InChI=1S/C25H39F3O2/c1-22(30)13-14-24(3)17(15-22)7-9-18-19-10-8-16(23(19,2)12-11-20(18)24)5-4-6-21(29)25(26,27)28/h7,16,18-21,29-30H,4-6,8-15H2,1-3H3/t16?,18-,19?,20?,21?,22-,23?,24?/m0/s1. The molecule has 0 aromatic heterocycles. The van der Waals surface area contributed by atoms with Gasteiger partial charge in [0.2, 0.25) is 0 Å². The van der Waals surface area contributed by atoms with Crippen molar-refractivity contribution in [3.8, 4) is 0 Å². The van der Waals surface area contributed by atoms with E-state index in [1.54, 1.807) is 0 Å². The summed E-state index contributed by atoms with van der Waals surface area (Å²) in [5.74, 6) is 2.49. The van der Waals surface area contributed by atoms with Crippen LogP contribution in [0.4, 0.5) is 13.2 Å². The van der Waals surface area contributed by atoms with Gasteiger partial charge in [0, 0.05) is 0 Å². The molecule has 0 bridgehead atoms. The van der Waals surface area contributed by atoms with E-state index in [0.29, 0.717) is 30.1 Å². The van der Waals surface area contributed by atoms with E-state index in [2.05, 4.69) is 19.9 Å². The maximum atomic E-state index is 12.6. The van der Waals surface area contributed by atoms with E-state index in [0.717, 1.165) is 38.5 Å². The van der Waals surface area contributed by atoms with Gasteiger partial charge in [0.15, 0.2) is 0 Å². The number of allylic oxidation sites excluding steroid dienone is 1. The molecule has 0 aromatic rings. The zero-order valence-electron chi connectivity index (χ0n) is 18.8. The van der Waals surface area contributed by atoms with Crippen LogP contribution in [0, 0.1) is 34.5 Å². The van der Waals surface area contributed by atoms with Crippen molar-refractivity contribution >= 4 is 0 Å². The average Bonchev–Trinajstić information content (AvgIpc) is 2.98. The Balaban J connectivity index is 1.44. The van der Waals surface area contributed by atoms with E-state index in [1.165, 1.54) is 24.8 Å². The Labute approximate surface area is 179 Å². The number of hydrogen-bond acceptors (Lipinski definition) is 2. The summed E-state index contributed by atoms with van der Waals surface area (Å²) in [7, 11) is 0. The highest BCUT2D eigenvalue weighted by Crippen LogP contribution is 2.67. The lowest BCUT2D eigenvalue weighted by Crippen LogP contribution is -2.51. The molecule has 4 aliphatic rings. The van der Waals surface area contributed by atoms with Crippen LogP contribution in [0.15, 0.2) is 11.6 Å². The minimum Gasteiger partial charge on any atom is -0.390 e. The number of aliphatic hydroxyl groups is 2. The fourth-order valence-electron chi connectivity index (χ4n) is 8.11. The fraction of sp³-hybridized carbons (Fsp3) is 0.920. The predicted molar refractivity (Wildman–Crippen MR) is 112 cm³/mol. The highest BCUT2D eigenvalue weighted by atomic mass is 19.4. The quantitative estimate of drug-likeness (QED) is 0.508. The topological polar surface area (TPSA) is 40.5 Å². The molecular weight excluding hydrogens is 389 g/mol. The Morgan fingerprint density at radius 2 is 1.80 bits per heavy atom. The van der Waals surface area contributed by atoms with Crippen molar-refractivity contribution in [3.05, 3.63) is 11.6 Å². The second-order valence-electron chi connectivity index (χ2n) is 11.7. The molecule has 30 heavy (non-hydrogen) atoms. The first-order chi connectivity index (χ1) is 13.9. The Kier molecular flexibility index (Phi) is 5.66. The summed E-state index contributed by atoms with van der Waals surface area (Å²) in [6.45, 7) is 6.80. The summed E-state index contributed by atoms with van der Waals surface area (Å²) in [4.78, 5) is 0. The first-order valence-electron chi connectivity index (χ1n) is 12.0. The lowest BCUT2D eigenvalue weighted by atomic mass is 9.46. The first kappa shape index (κ1) is 22.6. The van der Waals surface area contributed by atoms with Crippen LogP contribution in [0.5, 0.6) is 0 Å². The molecule has 0 heterocycles.